The molecule has 6 nitrogen and oxygen atoms in total. The summed E-state index contributed by atoms with van der Waals surface area (Å²) in [6.07, 6.45) is 5.96. The molecule has 0 bridgehead atoms. The van der Waals surface area contributed by atoms with E-state index < -0.39 is 0 Å². The van der Waals surface area contributed by atoms with E-state index in [0.29, 0.717) is 44.4 Å². The van der Waals surface area contributed by atoms with Gasteiger partial charge in [0.1, 0.15) is 0 Å². The first-order valence-corrected chi connectivity index (χ1v) is 10.7. The first-order valence-electron chi connectivity index (χ1n) is 10.7. The lowest BCUT2D eigenvalue weighted by atomic mass is 9.95. The number of rotatable bonds is 14. The molecule has 1 aromatic rings. The summed E-state index contributed by atoms with van der Waals surface area (Å²) >= 11 is 0. The number of esters is 1. The second-order valence-electron chi connectivity index (χ2n) is 7.60. The summed E-state index contributed by atoms with van der Waals surface area (Å²) in [4.78, 5) is 35.5. The van der Waals surface area contributed by atoms with Crippen molar-refractivity contribution in [1.29, 1.82) is 0 Å². The van der Waals surface area contributed by atoms with Crippen molar-refractivity contribution >= 4 is 23.5 Å². The first-order chi connectivity index (χ1) is 13.9. The number of anilines is 1. The molecular weight excluding hydrogens is 368 g/mol. The lowest BCUT2D eigenvalue weighted by Crippen LogP contribution is -2.36. The summed E-state index contributed by atoms with van der Waals surface area (Å²) in [5.74, 6) is 0.279. The van der Waals surface area contributed by atoms with Crippen LogP contribution >= 0.6 is 0 Å². The summed E-state index contributed by atoms with van der Waals surface area (Å²) in [7, 11) is 1.39. The van der Waals surface area contributed by atoms with Gasteiger partial charge in [0.2, 0.25) is 11.8 Å². The van der Waals surface area contributed by atoms with Crippen molar-refractivity contribution in [3.8, 4) is 0 Å². The van der Waals surface area contributed by atoms with E-state index in [4.69, 9.17) is 0 Å². The van der Waals surface area contributed by atoms with Crippen molar-refractivity contribution < 1.29 is 19.1 Å². The summed E-state index contributed by atoms with van der Waals surface area (Å²) < 4.78 is 4.68. The number of unbranched alkanes of at least 4 members (excludes halogenated alkanes) is 1. The van der Waals surface area contributed by atoms with E-state index >= 15 is 0 Å². The van der Waals surface area contributed by atoms with Crippen molar-refractivity contribution in [3.05, 3.63) is 30.3 Å². The van der Waals surface area contributed by atoms with Crippen molar-refractivity contribution in [3.63, 3.8) is 0 Å². The van der Waals surface area contributed by atoms with Crippen LogP contribution in [0.2, 0.25) is 0 Å². The van der Waals surface area contributed by atoms with Gasteiger partial charge < -0.3 is 15.4 Å². The van der Waals surface area contributed by atoms with Gasteiger partial charge in [-0.05, 0) is 50.2 Å². The standard InChI is InChI=1S/C23H36N2O4/c1-4-18(2)17-20(13-10-16-23(28)29-3)25-22(27)15-9-8-14-21(26)24-19-11-6-5-7-12-19/h5-7,11-12,18,20H,4,8-10,13-17H2,1-3H3,(H,24,26)(H,25,27)/t18?,20-/m1/s1. The highest BCUT2D eigenvalue weighted by molar-refractivity contribution is 5.90. The van der Waals surface area contributed by atoms with Crippen molar-refractivity contribution in [2.75, 3.05) is 12.4 Å². The molecule has 0 aliphatic rings. The molecule has 0 saturated heterocycles. The molecule has 1 aromatic carbocycles. The lowest BCUT2D eigenvalue weighted by Gasteiger charge is -2.21. The predicted octanol–water partition coefficient (Wildman–Crippen LogP) is 4.45. The Kier molecular flexibility index (Phi) is 12.4. The number of amides is 2. The maximum Gasteiger partial charge on any atom is 0.305 e. The molecule has 2 amide bonds. The zero-order valence-corrected chi connectivity index (χ0v) is 18.0. The Bertz CT molecular complexity index is 619. The van der Waals surface area contributed by atoms with E-state index in [-0.39, 0.29) is 23.8 Å². The number of hydrogen-bond acceptors (Lipinski definition) is 4. The van der Waals surface area contributed by atoms with Gasteiger partial charge >= 0.3 is 5.97 Å². The van der Waals surface area contributed by atoms with E-state index in [1.165, 1.54) is 7.11 Å². The topological polar surface area (TPSA) is 84.5 Å². The Morgan fingerprint density at radius 2 is 1.62 bits per heavy atom. The summed E-state index contributed by atoms with van der Waals surface area (Å²) in [5.41, 5.74) is 0.787. The monoisotopic (exact) mass is 404 g/mol. The zero-order valence-electron chi connectivity index (χ0n) is 18.0. The Labute approximate surface area is 174 Å². The molecule has 0 heterocycles. The maximum absolute atomic E-state index is 12.3. The molecule has 29 heavy (non-hydrogen) atoms. The molecule has 0 aliphatic carbocycles. The Balaban J connectivity index is 2.29. The van der Waals surface area contributed by atoms with Gasteiger partial charge in [-0.15, -0.1) is 0 Å². The Morgan fingerprint density at radius 1 is 0.966 bits per heavy atom. The van der Waals surface area contributed by atoms with Gasteiger partial charge in [-0.2, -0.15) is 0 Å². The highest BCUT2D eigenvalue weighted by Crippen LogP contribution is 2.15. The highest BCUT2D eigenvalue weighted by Gasteiger charge is 2.16. The quantitative estimate of drug-likeness (QED) is 0.354. The summed E-state index contributed by atoms with van der Waals surface area (Å²) in [6.45, 7) is 4.31. The van der Waals surface area contributed by atoms with Crippen LogP contribution in [0.25, 0.3) is 0 Å². The van der Waals surface area contributed by atoms with Crippen molar-refractivity contribution in [2.45, 2.75) is 77.7 Å². The van der Waals surface area contributed by atoms with Crippen LogP contribution in [0, 0.1) is 5.92 Å². The summed E-state index contributed by atoms with van der Waals surface area (Å²) in [6, 6.07) is 9.43. The van der Waals surface area contributed by atoms with E-state index in [1.54, 1.807) is 0 Å². The van der Waals surface area contributed by atoms with Crippen LogP contribution in [-0.4, -0.2) is 30.9 Å². The molecule has 0 saturated carbocycles. The van der Waals surface area contributed by atoms with Crippen molar-refractivity contribution in [2.24, 2.45) is 5.92 Å². The van der Waals surface area contributed by atoms with E-state index in [0.717, 1.165) is 24.9 Å². The van der Waals surface area contributed by atoms with Gasteiger partial charge in [0.15, 0.2) is 0 Å². The lowest BCUT2D eigenvalue weighted by molar-refractivity contribution is -0.140. The molecule has 0 spiro atoms. The fourth-order valence-electron chi connectivity index (χ4n) is 3.11. The third-order valence-electron chi connectivity index (χ3n) is 5.03. The number of ether oxygens (including phenoxy) is 1. The number of methoxy groups -OCH3 is 1. The highest BCUT2D eigenvalue weighted by atomic mass is 16.5. The molecule has 0 aliphatic heterocycles. The van der Waals surface area contributed by atoms with Crippen molar-refractivity contribution in [1.82, 2.24) is 5.32 Å². The van der Waals surface area contributed by atoms with Gasteiger partial charge in [-0.3, -0.25) is 14.4 Å². The molecule has 6 heteroatoms. The van der Waals surface area contributed by atoms with Gasteiger partial charge in [0.25, 0.3) is 0 Å². The Morgan fingerprint density at radius 3 is 2.24 bits per heavy atom. The van der Waals surface area contributed by atoms with Crippen LogP contribution in [0.3, 0.4) is 0 Å². The normalized spacial score (nSPS) is 12.7. The average Bonchev–Trinajstić information content (AvgIpc) is 2.71. The van der Waals surface area contributed by atoms with Gasteiger partial charge in [-0.1, -0.05) is 38.5 Å². The molecule has 0 aromatic heterocycles. The summed E-state index contributed by atoms with van der Waals surface area (Å²) in [5, 5.41) is 5.96. The molecule has 0 radical (unpaired) electrons. The maximum atomic E-state index is 12.3. The smallest absolute Gasteiger partial charge is 0.305 e. The minimum Gasteiger partial charge on any atom is -0.469 e. The molecule has 1 rings (SSSR count). The number of para-hydroxylation sites is 1. The van der Waals surface area contributed by atoms with Crippen LogP contribution in [0.1, 0.15) is 71.6 Å². The predicted molar refractivity (Wildman–Crippen MR) is 115 cm³/mol. The number of carbonyl (C=O) groups is 3. The fourth-order valence-corrected chi connectivity index (χ4v) is 3.11. The second-order valence-corrected chi connectivity index (χ2v) is 7.60. The van der Waals surface area contributed by atoms with Crippen LogP contribution in [0.4, 0.5) is 5.69 Å². The van der Waals surface area contributed by atoms with Crippen LogP contribution in [0.5, 0.6) is 0 Å². The number of hydrogen-bond donors (Lipinski definition) is 2. The SMILES string of the molecule is CCC(C)C[C@@H](CCCC(=O)OC)NC(=O)CCCCC(=O)Nc1ccccc1. The van der Waals surface area contributed by atoms with E-state index in [2.05, 4.69) is 29.2 Å². The molecule has 1 unspecified atom stereocenters. The van der Waals surface area contributed by atoms with Crippen LogP contribution in [-0.2, 0) is 19.1 Å². The first kappa shape index (κ1) is 24.7. The fraction of sp³-hybridized carbons (Fsp3) is 0.609. The van der Waals surface area contributed by atoms with Gasteiger partial charge in [0.05, 0.1) is 7.11 Å². The minimum atomic E-state index is -0.215. The number of nitrogens with one attached hydrogen (secondary N) is 2. The number of benzene rings is 1. The second kappa shape index (κ2) is 14.6. The number of carbonyl (C=O) groups excluding carboxylic acids is 3. The third kappa shape index (κ3) is 11.9. The van der Waals surface area contributed by atoms with Gasteiger partial charge in [0, 0.05) is 31.0 Å². The molecule has 162 valence electrons. The average molecular weight is 405 g/mol. The van der Waals surface area contributed by atoms with E-state index in [9.17, 15) is 14.4 Å². The Hall–Kier alpha value is -2.37. The minimum absolute atomic E-state index is 0.0137. The van der Waals surface area contributed by atoms with Crippen LogP contribution in [0.15, 0.2) is 30.3 Å². The molecule has 0 fully saturated rings. The molecular formula is C23H36N2O4. The van der Waals surface area contributed by atoms with Crippen LogP contribution < -0.4 is 10.6 Å². The molecule has 2 atom stereocenters. The van der Waals surface area contributed by atoms with Gasteiger partial charge in [-0.25, -0.2) is 0 Å². The van der Waals surface area contributed by atoms with E-state index in [1.807, 2.05) is 30.3 Å². The largest absolute Gasteiger partial charge is 0.469 e. The zero-order chi connectivity index (χ0) is 21.5. The third-order valence-corrected chi connectivity index (χ3v) is 5.03. The molecule has 2 N–H and O–H groups in total.